The molecule has 0 atom stereocenters. The molecule has 0 amide bonds. The minimum Gasteiger partial charge on any atom is -0.222 e. The number of rotatable bonds is 0. The van der Waals surface area contributed by atoms with Crippen molar-refractivity contribution < 1.29 is 4.21 Å². The second-order valence-electron chi connectivity index (χ2n) is 0.669. The van der Waals surface area contributed by atoms with Gasteiger partial charge in [-0.2, -0.15) is 0 Å². The van der Waals surface area contributed by atoms with Crippen LogP contribution in [0.1, 0.15) is 6.92 Å². The van der Waals surface area contributed by atoms with Gasteiger partial charge in [0.25, 0.3) is 0 Å². The molecule has 1 nitrogen and oxygen atoms in total. The first-order valence-corrected chi connectivity index (χ1v) is 2.78. The standard InChI is InChI=1S/C3H6OS/c1-3-5(2)4/h2H,3H2,1H3. The third-order valence-electron chi connectivity index (χ3n) is 0.285. The van der Waals surface area contributed by atoms with E-state index < -0.39 is 10.2 Å². The molecule has 0 bridgehead atoms. The van der Waals surface area contributed by atoms with Gasteiger partial charge in [-0.1, -0.05) is 12.6 Å². The Morgan fingerprint density at radius 2 is 2.20 bits per heavy atom. The van der Waals surface area contributed by atoms with Gasteiger partial charge in [0.2, 0.25) is 0 Å². The molecule has 0 aromatic carbocycles. The summed E-state index contributed by atoms with van der Waals surface area (Å²) in [6.07, 6.45) is 0. The van der Waals surface area contributed by atoms with Crippen molar-refractivity contribution in [3.8, 4) is 5.69 Å². The van der Waals surface area contributed by atoms with Crippen molar-refractivity contribution in [1.82, 2.24) is 0 Å². The van der Waals surface area contributed by atoms with E-state index in [4.69, 9.17) is 5.69 Å². The predicted molar refractivity (Wildman–Crippen MR) is 23.6 cm³/mol. The van der Waals surface area contributed by atoms with Crippen molar-refractivity contribution in [2.45, 2.75) is 6.92 Å². The van der Waals surface area contributed by atoms with E-state index in [-0.39, 0.29) is 0 Å². The van der Waals surface area contributed by atoms with Gasteiger partial charge in [-0.25, -0.2) is 4.21 Å². The van der Waals surface area contributed by atoms with Crippen molar-refractivity contribution in [3.05, 3.63) is 0 Å². The molecule has 0 radical (unpaired) electrons. The van der Waals surface area contributed by atoms with Crippen molar-refractivity contribution >= 4 is 10.2 Å². The molecule has 0 aromatic heterocycles. The molecular formula is C3H6OS. The van der Waals surface area contributed by atoms with Gasteiger partial charge in [0.1, 0.15) is 0 Å². The van der Waals surface area contributed by atoms with Crippen LogP contribution < -0.4 is 0 Å². The Kier molecular flexibility index (Phi) is 1.98. The highest BCUT2D eigenvalue weighted by atomic mass is 32.2. The van der Waals surface area contributed by atoms with E-state index in [1.165, 1.54) is 0 Å². The predicted octanol–water partition coefficient (Wildman–Crippen LogP) is 0.344. The van der Waals surface area contributed by atoms with Gasteiger partial charge in [0, 0.05) is 16.0 Å². The Labute approximate surface area is 33.7 Å². The molecule has 0 aliphatic rings. The summed E-state index contributed by atoms with van der Waals surface area (Å²) >= 11 is 0. The molecule has 0 aliphatic heterocycles. The third-order valence-corrected chi connectivity index (χ3v) is 0.854. The first-order valence-electron chi connectivity index (χ1n) is 1.40. The fourth-order valence-corrected chi connectivity index (χ4v) is 0. The molecule has 5 heavy (non-hydrogen) atoms. The molecule has 0 spiro atoms. The number of hydrogen-bond acceptors (Lipinski definition) is 1. The highest BCUT2D eigenvalue weighted by Gasteiger charge is 1.58. The quantitative estimate of drug-likeness (QED) is 0.419. The Morgan fingerprint density at radius 3 is 2.20 bits per heavy atom. The zero-order valence-corrected chi connectivity index (χ0v) is 3.92. The van der Waals surface area contributed by atoms with Crippen molar-refractivity contribution in [2.24, 2.45) is 0 Å². The molecule has 2 heteroatoms. The topological polar surface area (TPSA) is 17.1 Å². The SMILES string of the molecule is C#S(=O)CC. The van der Waals surface area contributed by atoms with Crippen LogP contribution in [0.2, 0.25) is 0 Å². The lowest BCUT2D eigenvalue weighted by Crippen LogP contribution is -1.67. The van der Waals surface area contributed by atoms with Crippen LogP contribution in [0.5, 0.6) is 0 Å². The van der Waals surface area contributed by atoms with E-state index in [1.807, 2.05) is 0 Å². The first kappa shape index (κ1) is 4.80. The molecule has 0 unspecified atom stereocenters. The van der Waals surface area contributed by atoms with E-state index in [9.17, 15) is 4.21 Å². The first-order chi connectivity index (χ1) is 2.27. The average Bonchev–Trinajstić information content (AvgIpc) is 1.38. The highest BCUT2D eigenvalue weighted by Crippen LogP contribution is 1.51. The minimum atomic E-state index is -1.07. The van der Waals surface area contributed by atoms with Crippen molar-refractivity contribution in [1.29, 1.82) is 0 Å². The number of hydrogen-bond donors (Lipinski definition) is 0. The zero-order chi connectivity index (χ0) is 4.28. The van der Waals surface area contributed by atoms with Crippen LogP contribution in [0.4, 0.5) is 0 Å². The summed E-state index contributed by atoms with van der Waals surface area (Å²) in [6, 6.07) is 0. The smallest absolute Gasteiger partial charge is 0.0415 e. The minimum absolute atomic E-state index is 0.556. The van der Waals surface area contributed by atoms with Gasteiger partial charge in [0.05, 0.1) is 0 Å². The normalized spacial score (nSPS) is 7.20. The zero-order valence-electron chi connectivity index (χ0n) is 3.10. The fraction of sp³-hybridized carbons (Fsp3) is 0.667. The lowest BCUT2D eigenvalue weighted by Gasteiger charge is -1.59. The van der Waals surface area contributed by atoms with Crippen LogP contribution in [-0.4, -0.2) is 9.96 Å². The maximum absolute atomic E-state index is 9.70. The van der Waals surface area contributed by atoms with Gasteiger partial charge >= 0.3 is 0 Å². The molecule has 0 aliphatic carbocycles. The van der Waals surface area contributed by atoms with E-state index in [0.717, 1.165) is 0 Å². The van der Waals surface area contributed by atoms with Crippen molar-refractivity contribution in [3.63, 3.8) is 0 Å². The molecule has 30 valence electrons. The van der Waals surface area contributed by atoms with Crippen molar-refractivity contribution in [2.75, 3.05) is 5.75 Å². The summed E-state index contributed by atoms with van der Waals surface area (Å²) < 4.78 is 9.70. The van der Waals surface area contributed by atoms with Crippen LogP contribution in [0.25, 0.3) is 0 Å². The van der Waals surface area contributed by atoms with Crippen LogP contribution in [0, 0.1) is 5.69 Å². The van der Waals surface area contributed by atoms with Crippen LogP contribution in [0.15, 0.2) is 0 Å². The molecule has 0 saturated heterocycles. The average molecular weight is 90.1 g/mol. The summed E-state index contributed by atoms with van der Waals surface area (Å²) in [5.41, 5.74) is 4.76. The molecule has 0 aromatic rings. The lowest BCUT2D eigenvalue weighted by molar-refractivity contribution is 0.693. The van der Waals surface area contributed by atoms with Crippen LogP contribution >= 0.6 is 0 Å². The van der Waals surface area contributed by atoms with E-state index >= 15 is 0 Å². The van der Waals surface area contributed by atoms with Crippen LogP contribution in [-0.2, 0) is 10.2 Å². The molecule has 0 fully saturated rings. The van der Waals surface area contributed by atoms with Gasteiger partial charge < -0.3 is 0 Å². The van der Waals surface area contributed by atoms with Gasteiger partial charge in [-0.15, -0.1) is 0 Å². The van der Waals surface area contributed by atoms with Gasteiger partial charge in [-0.3, -0.25) is 0 Å². The Hall–Kier alpha value is -0.200. The molecule has 0 saturated carbocycles. The van der Waals surface area contributed by atoms with Crippen LogP contribution in [0.3, 0.4) is 0 Å². The largest absolute Gasteiger partial charge is 0.222 e. The maximum atomic E-state index is 9.70. The Bertz CT molecular complexity index is 108. The Morgan fingerprint density at radius 1 is 2.00 bits per heavy atom. The van der Waals surface area contributed by atoms with Gasteiger partial charge in [-0.05, 0) is 0 Å². The second kappa shape index (κ2) is 2.06. The van der Waals surface area contributed by atoms with E-state index in [1.54, 1.807) is 6.92 Å². The summed E-state index contributed by atoms with van der Waals surface area (Å²) in [4.78, 5) is 0. The second-order valence-corrected chi connectivity index (χ2v) is 2.01. The summed E-state index contributed by atoms with van der Waals surface area (Å²) in [6.45, 7) is 1.77. The summed E-state index contributed by atoms with van der Waals surface area (Å²) in [5.74, 6) is 0.556. The molecule has 0 rings (SSSR count). The maximum Gasteiger partial charge on any atom is 0.0415 e. The summed E-state index contributed by atoms with van der Waals surface area (Å²) in [7, 11) is -1.07. The fourth-order valence-electron chi connectivity index (χ4n) is 0. The van der Waals surface area contributed by atoms with E-state index in [0.29, 0.717) is 5.75 Å². The molecule has 0 N–H and O–H groups in total. The van der Waals surface area contributed by atoms with E-state index in [2.05, 4.69) is 0 Å². The summed E-state index contributed by atoms with van der Waals surface area (Å²) in [5, 5.41) is 0. The monoisotopic (exact) mass is 90.0 g/mol. The molecular weight excluding hydrogens is 84.1 g/mol. The lowest BCUT2D eigenvalue weighted by atomic mass is 11.0. The third kappa shape index (κ3) is 3.80. The Balaban J connectivity index is 3.39. The highest BCUT2D eigenvalue weighted by molar-refractivity contribution is 7.73. The molecule has 0 heterocycles. The van der Waals surface area contributed by atoms with Gasteiger partial charge in [0.15, 0.2) is 0 Å².